The zero-order valence-corrected chi connectivity index (χ0v) is 7.95. The Morgan fingerprint density at radius 3 is 2.77 bits per heavy atom. The molecule has 0 N–H and O–H groups in total. The summed E-state index contributed by atoms with van der Waals surface area (Å²) in [5, 5.41) is 3.58. The molecule has 13 heavy (non-hydrogen) atoms. The monoisotopic (exact) mass is 199 g/mol. The summed E-state index contributed by atoms with van der Waals surface area (Å²) in [7, 11) is -1.30. The van der Waals surface area contributed by atoms with Crippen molar-refractivity contribution in [3.63, 3.8) is 0 Å². The molecule has 0 saturated heterocycles. The van der Waals surface area contributed by atoms with Crippen molar-refractivity contribution >= 4 is 16.4 Å². The van der Waals surface area contributed by atoms with Crippen LogP contribution in [-0.4, -0.2) is 21.2 Å². The van der Waals surface area contributed by atoms with Crippen molar-refractivity contribution in [2.45, 2.75) is 0 Å². The van der Waals surface area contributed by atoms with E-state index in [1.807, 2.05) is 0 Å². The molecule has 0 unspecified atom stereocenters. The van der Waals surface area contributed by atoms with Crippen LogP contribution in [0.4, 0.5) is 0 Å². The average Bonchev–Trinajstić information content (AvgIpc) is 2.08. The summed E-state index contributed by atoms with van der Waals surface area (Å²) in [6.45, 7) is 3.64. The van der Waals surface area contributed by atoms with Crippen molar-refractivity contribution in [1.82, 2.24) is 0 Å². The summed E-state index contributed by atoms with van der Waals surface area (Å²) < 4.78 is 21.5. The Hall–Kier alpha value is -1.36. The van der Waals surface area contributed by atoms with E-state index in [1.54, 1.807) is 12.2 Å². The molecule has 1 aliphatic rings. The van der Waals surface area contributed by atoms with Crippen LogP contribution in [-0.2, 0) is 15.5 Å². The van der Waals surface area contributed by atoms with E-state index in [4.69, 9.17) is 0 Å². The Kier molecular flexibility index (Phi) is 3.02. The lowest BCUT2D eigenvalue weighted by Crippen LogP contribution is -2.09. The van der Waals surface area contributed by atoms with E-state index >= 15 is 0 Å². The van der Waals surface area contributed by atoms with Gasteiger partial charge in [0, 0.05) is 0 Å². The second-order valence-corrected chi connectivity index (χ2v) is 3.31. The molecule has 70 valence electrons. The van der Waals surface area contributed by atoms with Crippen LogP contribution >= 0.6 is 0 Å². The van der Waals surface area contributed by atoms with E-state index in [9.17, 15) is 8.42 Å². The molecule has 1 aliphatic carbocycles. The predicted molar refractivity (Wildman–Crippen MR) is 51.1 cm³/mol. The maximum Gasteiger partial charge on any atom is 0.170 e. The van der Waals surface area contributed by atoms with Crippen molar-refractivity contribution in [2.24, 2.45) is 5.16 Å². The Morgan fingerprint density at radius 2 is 2.23 bits per heavy atom. The molecule has 0 saturated carbocycles. The van der Waals surface area contributed by atoms with Gasteiger partial charge in [-0.25, -0.2) is 8.42 Å². The van der Waals surface area contributed by atoms with Crippen LogP contribution in [0.5, 0.6) is 0 Å². The summed E-state index contributed by atoms with van der Waals surface area (Å²) in [4.78, 5) is 4.65. The molecular weight excluding hydrogens is 190 g/mol. The number of rotatable bonds is 2. The average molecular weight is 199 g/mol. The minimum absolute atomic E-state index is 0.129. The van der Waals surface area contributed by atoms with Crippen LogP contribution in [0.1, 0.15) is 0 Å². The third-order valence-electron chi connectivity index (χ3n) is 1.48. The second kappa shape index (κ2) is 4.04. The number of nitrogens with zero attached hydrogens (tertiary/aromatic N) is 1. The van der Waals surface area contributed by atoms with E-state index in [0.717, 1.165) is 0 Å². The standard InChI is InChI=1S/C8H9NO3S/c1-6-4-3-5-7(13(10)11)8(6)9-12-2/h3-5,13H,1H2,2H3/b9-8+. The Bertz CT molecular complexity index is 380. The zero-order chi connectivity index (χ0) is 9.84. The van der Waals surface area contributed by atoms with Gasteiger partial charge in [-0.1, -0.05) is 23.9 Å². The van der Waals surface area contributed by atoms with Crippen LogP contribution in [0, 0.1) is 0 Å². The molecular formula is C8H9NO3S. The van der Waals surface area contributed by atoms with E-state index in [-0.39, 0.29) is 10.6 Å². The van der Waals surface area contributed by atoms with Gasteiger partial charge < -0.3 is 4.84 Å². The van der Waals surface area contributed by atoms with Gasteiger partial charge in [0.1, 0.15) is 12.8 Å². The summed E-state index contributed by atoms with van der Waals surface area (Å²) in [6, 6.07) is 0. The molecule has 0 aliphatic heterocycles. The molecule has 0 heterocycles. The topological polar surface area (TPSA) is 55.7 Å². The molecule has 0 spiro atoms. The first-order chi connectivity index (χ1) is 6.16. The molecule has 5 heteroatoms. The van der Waals surface area contributed by atoms with Gasteiger partial charge in [0.25, 0.3) is 0 Å². The van der Waals surface area contributed by atoms with Gasteiger partial charge in [-0.15, -0.1) is 0 Å². The van der Waals surface area contributed by atoms with Gasteiger partial charge in [-0.05, 0) is 11.6 Å². The van der Waals surface area contributed by atoms with Gasteiger partial charge in [-0.3, -0.25) is 0 Å². The van der Waals surface area contributed by atoms with Crippen molar-refractivity contribution < 1.29 is 13.3 Å². The van der Waals surface area contributed by atoms with Crippen LogP contribution in [0.25, 0.3) is 0 Å². The van der Waals surface area contributed by atoms with Gasteiger partial charge in [0.15, 0.2) is 10.7 Å². The Balaban J connectivity index is 3.18. The molecule has 0 amide bonds. The third-order valence-corrected chi connectivity index (χ3v) is 2.23. The summed E-state index contributed by atoms with van der Waals surface area (Å²) in [6.07, 6.45) is 4.73. The first-order valence-corrected chi connectivity index (χ1v) is 4.68. The van der Waals surface area contributed by atoms with Crippen molar-refractivity contribution in [2.75, 3.05) is 7.11 Å². The summed E-state index contributed by atoms with van der Waals surface area (Å²) >= 11 is 0. The minimum atomic E-state index is -2.66. The first-order valence-electron chi connectivity index (χ1n) is 3.50. The lowest BCUT2D eigenvalue weighted by atomic mass is 10.1. The smallest absolute Gasteiger partial charge is 0.170 e. The minimum Gasteiger partial charge on any atom is -0.399 e. The predicted octanol–water partition coefficient (Wildman–Crippen LogP) is 0.610. The number of allylic oxidation sites excluding steroid dienone is 5. The highest BCUT2D eigenvalue weighted by Gasteiger charge is 2.15. The SMILES string of the molecule is C=C1C=CC=C([SH](=O)=O)/C1=N/OC. The van der Waals surface area contributed by atoms with E-state index in [1.165, 1.54) is 13.2 Å². The largest absolute Gasteiger partial charge is 0.399 e. The molecule has 0 bridgehead atoms. The fourth-order valence-electron chi connectivity index (χ4n) is 0.922. The number of hydrogen-bond acceptors (Lipinski definition) is 4. The lowest BCUT2D eigenvalue weighted by Gasteiger charge is -2.07. The van der Waals surface area contributed by atoms with Crippen LogP contribution < -0.4 is 0 Å². The molecule has 0 atom stereocenters. The lowest BCUT2D eigenvalue weighted by molar-refractivity contribution is 0.214. The molecule has 4 nitrogen and oxygen atoms in total. The summed E-state index contributed by atoms with van der Waals surface area (Å²) in [5.41, 5.74) is 0.791. The van der Waals surface area contributed by atoms with Gasteiger partial charge in [0.05, 0.1) is 4.91 Å². The van der Waals surface area contributed by atoms with E-state index in [2.05, 4.69) is 16.6 Å². The maximum atomic E-state index is 10.7. The van der Waals surface area contributed by atoms with Gasteiger partial charge in [-0.2, -0.15) is 0 Å². The summed E-state index contributed by atoms with van der Waals surface area (Å²) in [5.74, 6) is 0. The third kappa shape index (κ3) is 2.06. The molecule has 0 aromatic carbocycles. The molecule has 0 aromatic heterocycles. The van der Waals surface area contributed by atoms with Crippen LogP contribution in [0.2, 0.25) is 0 Å². The van der Waals surface area contributed by atoms with E-state index in [0.29, 0.717) is 5.57 Å². The van der Waals surface area contributed by atoms with Crippen molar-refractivity contribution in [3.8, 4) is 0 Å². The van der Waals surface area contributed by atoms with Crippen LogP contribution in [0.15, 0.2) is 40.4 Å². The number of oxime groups is 1. The van der Waals surface area contributed by atoms with Gasteiger partial charge in [0.2, 0.25) is 0 Å². The normalized spacial score (nSPS) is 19.4. The van der Waals surface area contributed by atoms with Crippen LogP contribution in [0.3, 0.4) is 0 Å². The zero-order valence-electron chi connectivity index (χ0n) is 7.06. The molecule has 1 rings (SSSR count). The van der Waals surface area contributed by atoms with Crippen molar-refractivity contribution in [3.05, 3.63) is 35.3 Å². The van der Waals surface area contributed by atoms with E-state index < -0.39 is 10.7 Å². The Morgan fingerprint density at radius 1 is 1.54 bits per heavy atom. The van der Waals surface area contributed by atoms with Crippen molar-refractivity contribution in [1.29, 1.82) is 0 Å². The maximum absolute atomic E-state index is 10.7. The highest BCUT2D eigenvalue weighted by Crippen LogP contribution is 2.14. The molecule has 0 aromatic rings. The highest BCUT2D eigenvalue weighted by molar-refractivity contribution is 7.78. The fourth-order valence-corrected chi connectivity index (χ4v) is 1.49. The number of thiol groups is 1. The quantitative estimate of drug-likeness (QED) is 0.523. The fraction of sp³-hybridized carbons (Fsp3) is 0.125. The molecule has 0 fully saturated rings. The van der Waals surface area contributed by atoms with Gasteiger partial charge >= 0.3 is 0 Å². The first kappa shape index (κ1) is 9.73. The highest BCUT2D eigenvalue weighted by atomic mass is 32.2. The number of hydrogen-bond donors (Lipinski definition) is 1. The Labute approximate surface area is 77.8 Å². The second-order valence-electron chi connectivity index (χ2n) is 2.32. The molecule has 0 radical (unpaired) electrons.